The first-order valence-electron chi connectivity index (χ1n) is 4.96. The zero-order valence-electron chi connectivity index (χ0n) is 7.48. The molecule has 0 amide bonds. The van der Waals surface area contributed by atoms with E-state index in [1.807, 2.05) is 0 Å². The molecule has 0 radical (unpaired) electrons. The summed E-state index contributed by atoms with van der Waals surface area (Å²) >= 11 is 0. The van der Waals surface area contributed by atoms with Gasteiger partial charge >= 0.3 is 0 Å². The minimum absolute atomic E-state index is 0.684. The highest BCUT2D eigenvalue weighted by Gasteiger charge is 2.47. The van der Waals surface area contributed by atoms with E-state index >= 15 is 0 Å². The number of aromatic nitrogens is 2. The molecule has 0 aliphatic heterocycles. The van der Waals surface area contributed by atoms with Gasteiger partial charge in [0.25, 0.3) is 0 Å². The fraction of sp³-hybridized carbons (Fsp3) is 0.600. The van der Waals surface area contributed by atoms with E-state index in [2.05, 4.69) is 15.3 Å². The predicted octanol–water partition coefficient (Wildman–Crippen LogP) is 1.69. The van der Waals surface area contributed by atoms with Crippen LogP contribution < -0.4 is 5.32 Å². The number of rotatable bonds is 3. The molecule has 1 aromatic heterocycles. The second kappa shape index (κ2) is 2.69. The fourth-order valence-corrected chi connectivity index (χ4v) is 1.99. The van der Waals surface area contributed by atoms with E-state index < -0.39 is 0 Å². The van der Waals surface area contributed by atoms with Gasteiger partial charge in [0.05, 0.1) is 6.20 Å². The van der Waals surface area contributed by atoms with E-state index in [1.54, 1.807) is 18.6 Å². The molecule has 2 saturated carbocycles. The Morgan fingerprint density at radius 2 is 2.23 bits per heavy atom. The number of hydrogen-bond acceptors (Lipinski definition) is 3. The third-order valence-electron chi connectivity index (χ3n) is 2.96. The van der Waals surface area contributed by atoms with E-state index in [4.69, 9.17) is 0 Å². The van der Waals surface area contributed by atoms with Crippen molar-refractivity contribution in [2.45, 2.75) is 25.3 Å². The minimum Gasteiger partial charge on any atom is -0.366 e. The number of nitrogens with zero attached hydrogens (tertiary/aromatic N) is 2. The van der Waals surface area contributed by atoms with Gasteiger partial charge in [-0.15, -0.1) is 0 Å². The Hall–Kier alpha value is -1.12. The Morgan fingerprint density at radius 1 is 1.31 bits per heavy atom. The highest BCUT2D eigenvalue weighted by molar-refractivity contribution is 5.34. The molecule has 3 nitrogen and oxygen atoms in total. The van der Waals surface area contributed by atoms with Gasteiger partial charge in [-0.25, -0.2) is 4.98 Å². The second-order valence-electron chi connectivity index (χ2n) is 4.08. The van der Waals surface area contributed by atoms with Crippen molar-refractivity contribution < 1.29 is 0 Å². The molecule has 0 spiro atoms. The molecule has 2 unspecified atom stereocenters. The van der Waals surface area contributed by atoms with E-state index in [0.29, 0.717) is 6.04 Å². The summed E-state index contributed by atoms with van der Waals surface area (Å²) in [4.78, 5) is 8.23. The van der Waals surface area contributed by atoms with Crippen LogP contribution in [0.2, 0.25) is 0 Å². The van der Waals surface area contributed by atoms with Crippen LogP contribution in [0.15, 0.2) is 18.6 Å². The number of hydrogen-bond donors (Lipinski definition) is 1. The van der Waals surface area contributed by atoms with Crippen LogP contribution in [0.3, 0.4) is 0 Å². The topological polar surface area (TPSA) is 37.8 Å². The van der Waals surface area contributed by atoms with Gasteiger partial charge in [0.1, 0.15) is 5.82 Å². The van der Waals surface area contributed by atoms with Crippen LogP contribution in [-0.2, 0) is 0 Å². The van der Waals surface area contributed by atoms with E-state index in [1.165, 1.54) is 19.3 Å². The monoisotopic (exact) mass is 175 g/mol. The van der Waals surface area contributed by atoms with Crippen LogP contribution in [-0.4, -0.2) is 16.0 Å². The predicted molar refractivity (Wildman–Crippen MR) is 50.3 cm³/mol. The molecule has 3 rings (SSSR count). The van der Waals surface area contributed by atoms with E-state index in [0.717, 1.165) is 17.7 Å². The number of anilines is 1. The lowest BCUT2D eigenvalue weighted by Gasteiger charge is -2.02. The van der Waals surface area contributed by atoms with Crippen LogP contribution in [0, 0.1) is 11.8 Å². The molecular formula is C10H13N3. The average molecular weight is 175 g/mol. The molecular weight excluding hydrogens is 162 g/mol. The Balaban J connectivity index is 1.59. The van der Waals surface area contributed by atoms with Crippen LogP contribution in [0.25, 0.3) is 0 Å². The highest BCUT2D eigenvalue weighted by Crippen LogP contribution is 2.50. The maximum Gasteiger partial charge on any atom is 0.144 e. The smallest absolute Gasteiger partial charge is 0.144 e. The summed E-state index contributed by atoms with van der Waals surface area (Å²) in [6.07, 6.45) is 9.46. The van der Waals surface area contributed by atoms with Gasteiger partial charge in [0, 0.05) is 18.4 Å². The van der Waals surface area contributed by atoms with Gasteiger partial charge in [-0.2, -0.15) is 0 Å². The maximum atomic E-state index is 4.20. The first kappa shape index (κ1) is 7.30. The van der Waals surface area contributed by atoms with Gasteiger partial charge in [-0.05, 0) is 31.1 Å². The standard InChI is InChI=1S/C10H13N3/c1-2-7(1)8-5-9(8)13-10-6-11-3-4-12-10/h3-4,6-9H,1-2,5H2,(H,12,13). The molecule has 0 bridgehead atoms. The highest BCUT2D eigenvalue weighted by atomic mass is 15.1. The Morgan fingerprint density at radius 3 is 2.92 bits per heavy atom. The van der Waals surface area contributed by atoms with Crippen molar-refractivity contribution in [3.63, 3.8) is 0 Å². The van der Waals surface area contributed by atoms with Crippen LogP contribution >= 0.6 is 0 Å². The molecule has 0 saturated heterocycles. The molecule has 1 heterocycles. The summed E-state index contributed by atoms with van der Waals surface area (Å²) in [5, 5.41) is 3.41. The first-order valence-corrected chi connectivity index (χ1v) is 4.96. The Labute approximate surface area is 77.6 Å². The van der Waals surface area contributed by atoms with Gasteiger partial charge in [-0.1, -0.05) is 0 Å². The van der Waals surface area contributed by atoms with Crippen molar-refractivity contribution in [2.24, 2.45) is 11.8 Å². The van der Waals surface area contributed by atoms with Crippen LogP contribution in [0.1, 0.15) is 19.3 Å². The van der Waals surface area contributed by atoms with Gasteiger partial charge in [0.15, 0.2) is 0 Å². The summed E-state index contributed by atoms with van der Waals surface area (Å²) in [6, 6.07) is 0.684. The molecule has 2 aliphatic rings. The Bertz CT molecular complexity index is 294. The number of nitrogens with one attached hydrogen (secondary N) is 1. The van der Waals surface area contributed by atoms with Crippen molar-refractivity contribution in [3.8, 4) is 0 Å². The van der Waals surface area contributed by atoms with Gasteiger partial charge < -0.3 is 5.32 Å². The van der Waals surface area contributed by atoms with Crippen molar-refractivity contribution in [1.29, 1.82) is 0 Å². The normalized spacial score (nSPS) is 31.4. The largest absolute Gasteiger partial charge is 0.366 e. The van der Waals surface area contributed by atoms with E-state index in [9.17, 15) is 0 Å². The van der Waals surface area contributed by atoms with Crippen LogP contribution in [0.4, 0.5) is 5.82 Å². The van der Waals surface area contributed by atoms with Crippen LogP contribution in [0.5, 0.6) is 0 Å². The molecule has 2 aliphatic carbocycles. The van der Waals surface area contributed by atoms with Crippen molar-refractivity contribution in [1.82, 2.24) is 9.97 Å². The van der Waals surface area contributed by atoms with Crippen molar-refractivity contribution in [2.75, 3.05) is 5.32 Å². The summed E-state index contributed by atoms with van der Waals surface area (Å²) in [5.41, 5.74) is 0. The molecule has 1 aromatic rings. The lowest BCUT2D eigenvalue weighted by atomic mass is 10.3. The van der Waals surface area contributed by atoms with Crippen molar-refractivity contribution >= 4 is 5.82 Å². The molecule has 0 aromatic carbocycles. The summed E-state index contributed by atoms with van der Waals surface area (Å²) in [6.45, 7) is 0. The quantitative estimate of drug-likeness (QED) is 0.759. The van der Waals surface area contributed by atoms with Crippen molar-refractivity contribution in [3.05, 3.63) is 18.6 Å². The zero-order valence-corrected chi connectivity index (χ0v) is 7.48. The molecule has 13 heavy (non-hydrogen) atoms. The SMILES string of the molecule is c1cnc(NC2CC2C2CC2)cn1. The first-order chi connectivity index (χ1) is 6.43. The lowest BCUT2D eigenvalue weighted by Crippen LogP contribution is -2.06. The third kappa shape index (κ3) is 1.50. The molecule has 68 valence electrons. The molecule has 2 fully saturated rings. The molecule has 2 atom stereocenters. The lowest BCUT2D eigenvalue weighted by molar-refractivity contribution is 0.696. The van der Waals surface area contributed by atoms with Gasteiger partial charge in [-0.3, -0.25) is 4.98 Å². The Kier molecular flexibility index (Phi) is 1.51. The second-order valence-corrected chi connectivity index (χ2v) is 4.08. The molecule has 1 N–H and O–H groups in total. The maximum absolute atomic E-state index is 4.20. The van der Waals surface area contributed by atoms with Gasteiger partial charge in [0.2, 0.25) is 0 Å². The zero-order chi connectivity index (χ0) is 8.67. The molecule has 3 heteroatoms. The average Bonchev–Trinajstić information content (AvgIpc) is 2.99. The van der Waals surface area contributed by atoms with E-state index in [-0.39, 0.29) is 0 Å². The minimum atomic E-state index is 0.684. The summed E-state index contributed by atoms with van der Waals surface area (Å²) < 4.78 is 0. The third-order valence-corrected chi connectivity index (χ3v) is 2.96. The fourth-order valence-electron chi connectivity index (χ4n) is 1.99. The summed E-state index contributed by atoms with van der Waals surface area (Å²) in [7, 11) is 0. The summed E-state index contributed by atoms with van der Waals surface area (Å²) in [5.74, 6) is 2.88.